The third-order valence-electron chi connectivity index (χ3n) is 5.89. The number of carbonyl (C=O) groups excluding carboxylic acids is 1. The second kappa shape index (κ2) is 7.75. The van der Waals surface area contributed by atoms with Crippen LogP contribution in [-0.4, -0.2) is 70.8 Å². The maximum absolute atomic E-state index is 12.8. The SMILES string of the molecule is CC1(C)CC(CC(=O)N2C[C@@H]3COC[C@]3(C(=O)O)C2)CC(C)(C)N1.O=CO. The Balaban J connectivity index is 0.000000817. The van der Waals surface area contributed by atoms with Crippen molar-refractivity contribution in [1.29, 1.82) is 0 Å². The number of ether oxygens (including phenoxy) is 1. The average molecular weight is 384 g/mol. The van der Waals surface area contributed by atoms with Crippen molar-refractivity contribution in [3.8, 4) is 0 Å². The van der Waals surface area contributed by atoms with Gasteiger partial charge in [0.1, 0.15) is 5.41 Å². The smallest absolute Gasteiger partial charge is 0.314 e. The fraction of sp³-hybridized carbons (Fsp3) is 0.842. The number of carbonyl (C=O) groups is 3. The molecular formula is C19H32N2O6. The summed E-state index contributed by atoms with van der Waals surface area (Å²) in [5.74, 6) is -0.464. The Labute approximate surface area is 160 Å². The highest BCUT2D eigenvalue weighted by Gasteiger charge is 2.57. The van der Waals surface area contributed by atoms with Gasteiger partial charge in [-0.2, -0.15) is 0 Å². The summed E-state index contributed by atoms with van der Waals surface area (Å²) in [6.07, 6.45) is 2.44. The number of carboxylic acids is 1. The number of fused-ring (bicyclic) bond motifs is 1. The lowest BCUT2D eigenvalue weighted by Gasteiger charge is -2.46. The van der Waals surface area contributed by atoms with Crippen molar-refractivity contribution in [2.75, 3.05) is 26.3 Å². The van der Waals surface area contributed by atoms with Crippen LogP contribution in [0.1, 0.15) is 47.0 Å². The molecule has 0 aromatic heterocycles. The number of piperidine rings is 1. The largest absolute Gasteiger partial charge is 0.483 e. The van der Waals surface area contributed by atoms with Crippen molar-refractivity contribution in [2.24, 2.45) is 17.3 Å². The van der Waals surface area contributed by atoms with Gasteiger partial charge < -0.3 is 25.2 Å². The predicted molar refractivity (Wildman–Crippen MR) is 98.3 cm³/mol. The van der Waals surface area contributed by atoms with Crippen molar-refractivity contribution in [3.05, 3.63) is 0 Å². The molecule has 1 amide bonds. The molecule has 3 rings (SSSR count). The Bertz CT molecular complexity index is 575. The van der Waals surface area contributed by atoms with Crippen molar-refractivity contribution in [3.63, 3.8) is 0 Å². The quantitative estimate of drug-likeness (QED) is 0.626. The highest BCUT2D eigenvalue weighted by molar-refractivity contribution is 5.81. The molecule has 2 atom stereocenters. The third-order valence-corrected chi connectivity index (χ3v) is 5.89. The molecule has 27 heavy (non-hydrogen) atoms. The summed E-state index contributed by atoms with van der Waals surface area (Å²) < 4.78 is 5.38. The molecular weight excluding hydrogens is 352 g/mol. The molecule has 0 unspecified atom stereocenters. The number of aliphatic carboxylic acids is 1. The maximum Gasteiger partial charge on any atom is 0.314 e. The molecule has 0 bridgehead atoms. The van der Waals surface area contributed by atoms with E-state index in [0.29, 0.717) is 32.0 Å². The molecule has 3 aliphatic rings. The Hall–Kier alpha value is -1.67. The van der Waals surface area contributed by atoms with Crippen molar-refractivity contribution < 1.29 is 29.3 Å². The molecule has 3 fully saturated rings. The van der Waals surface area contributed by atoms with Gasteiger partial charge >= 0.3 is 5.97 Å². The summed E-state index contributed by atoms with van der Waals surface area (Å²) >= 11 is 0. The monoisotopic (exact) mass is 384 g/mol. The third kappa shape index (κ3) is 4.79. The van der Waals surface area contributed by atoms with E-state index in [4.69, 9.17) is 14.6 Å². The number of likely N-dealkylation sites (tertiary alicyclic amines) is 1. The number of carboxylic acid groups (broad SMARTS) is 2. The molecule has 154 valence electrons. The number of hydrogen-bond donors (Lipinski definition) is 3. The van der Waals surface area contributed by atoms with Crippen LogP contribution >= 0.6 is 0 Å². The van der Waals surface area contributed by atoms with Crippen LogP contribution in [0.15, 0.2) is 0 Å². The summed E-state index contributed by atoms with van der Waals surface area (Å²) in [5.41, 5.74) is -0.850. The van der Waals surface area contributed by atoms with E-state index in [1.807, 2.05) is 0 Å². The normalized spacial score (nSPS) is 31.6. The Kier molecular flexibility index (Phi) is 6.21. The minimum atomic E-state index is -0.887. The van der Waals surface area contributed by atoms with Crippen LogP contribution in [0, 0.1) is 17.3 Å². The summed E-state index contributed by atoms with van der Waals surface area (Å²) in [7, 11) is 0. The minimum Gasteiger partial charge on any atom is -0.483 e. The second-order valence-electron chi connectivity index (χ2n) is 9.42. The van der Waals surface area contributed by atoms with Crippen LogP contribution in [0.5, 0.6) is 0 Å². The van der Waals surface area contributed by atoms with Crippen LogP contribution < -0.4 is 5.32 Å². The number of nitrogens with zero attached hydrogens (tertiary/aromatic N) is 1. The number of rotatable bonds is 3. The van der Waals surface area contributed by atoms with E-state index >= 15 is 0 Å². The van der Waals surface area contributed by atoms with Gasteiger partial charge in [0.05, 0.1) is 13.2 Å². The summed E-state index contributed by atoms with van der Waals surface area (Å²) in [5, 5.41) is 20.1. The van der Waals surface area contributed by atoms with Crippen molar-refractivity contribution in [2.45, 2.75) is 58.0 Å². The molecule has 3 saturated heterocycles. The van der Waals surface area contributed by atoms with E-state index in [2.05, 4.69) is 33.0 Å². The van der Waals surface area contributed by atoms with Gasteiger partial charge in [-0.3, -0.25) is 14.4 Å². The zero-order chi connectivity index (χ0) is 20.5. The first-order valence-electron chi connectivity index (χ1n) is 9.41. The molecule has 0 spiro atoms. The Morgan fingerprint density at radius 1 is 1.22 bits per heavy atom. The Morgan fingerprint density at radius 2 is 1.78 bits per heavy atom. The molecule has 3 aliphatic heterocycles. The van der Waals surface area contributed by atoms with Gasteiger partial charge in [0.25, 0.3) is 6.47 Å². The second-order valence-corrected chi connectivity index (χ2v) is 9.42. The molecule has 0 aliphatic carbocycles. The van der Waals surface area contributed by atoms with Gasteiger partial charge in [-0.1, -0.05) is 0 Å². The van der Waals surface area contributed by atoms with Crippen LogP contribution in [0.25, 0.3) is 0 Å². The lowest BCUT2D eigenvalue weighted by atomic mass is 9.74. The average Bonchev–Trinajstić information content (AvgIpc) is 3.01. The first kappa shape index (κ1) is 21.6. The molecule has 0 aromatic carbocycles. The van der Waals surface area contributed by atoms with E-state index in [0.717, 1.165) is 12.8 Å². The zero-order valence-corrected chi connectivity index (χ0v) is 16.7. The van der Waals surface area contributed by atoms with Gasteiger partial charge in [-0.05, 0) is 46.5 Å². The van der Waals surface area contributed by atoms with Gasteiger partial charge in [0, 0.05) is 36.5 Å². The van der Waals surface area contributed by atoms with E-state index < -0.39 is 11.4 Å². The minimum absolute atomic E-state index is 0.0182. The van der Waals surface area contributed by atoms with Gasteiger partial charge in [0.2, 0.25) is 5.91 Å². The topological polar surface area (TPSA) is 116 Å². The fourth-order valence-electron chi connectivity index (χ4n) is 5.28. The van der Waals surface area contributed by atoms with Gasteiger partial charge in [0.15, 0.2) is 0 Å². The first-order valence-corrected chi connectivity index (χ1v) is 9.41. The summed E-state index contributed by atoms with van der Waals surface area (Å²) in [6, 6.07) is 0. The van der Waals surface area contributed by atoms with E-state index in [9.17, 15) is 14.7 Å². The first-order chi connectivity index (χ1) is 12.4. The lowest BCUT2D eigenvalue weighted by Crippen LogP contribution is -2.58. The summed E-state index contributed by atoms with van der Waals surface area (Å²) in [4.78, 5) is 34.6. The van der Waals surface area contributed by atoms with Gasteiger partial charge in [-0.25, -0.2) is 0 Å². The molecule has 3 heterocycles. The molecule has 0 radical (unpaired) electrons. The number of amides is 1. The van der Waals surface area contributed by atoms with Crippen LogP contribution in [0.3, 0.4) is 0 Å². The summed E-state index contributed by atoms with van der Waals surface area (Å²) in [6.45, 7) is 9.97. The molecule has 8 heteroatoms. The van der Waals surface area contributed by atoms with Crippen LogP contribution in [-0.2, 0) is 19.1 Å². The Morgan fingerprint density at radius 3 is 2.26 bits per heavy atom. The standard InChI is InChI=1S/C18H30N2O4.CH2O2/c1-16(2)6-12(7-17(3,4)19-16)5-14(21)20-8-13-9-24-11-18(13,10-20)15(22)23;2-1-3/h12-13,19H,5-11H2,1-4H3,(H,22,23);1H,(H,2,3)/t13-,18-;/m1./s1. The van der Waals surface area contributed by atoms with Crippen molar-refractivity contribution in [1.82, 2.24) is 10.2 Å². The predicted octanol–water partition coefficient (Wildman–Crippen LogP) is 1.19. The molecule has 3 N–H and O–H groups in total. The highest BCUT2D eigenvalue weighted by Crippen LogP contribution is 2.42. The fourth-order valence-corrected chi connectivity index (χ4v) is 5.28. The molecule has 0 aromatic rings. The number of nitrogens with one attached hydrogen (secondary N) is 1. The van der Waals surface area contributed by atoms with E-state index in [1.165, 1.54) is 0 Å². The maximum atomic E-state index is 12.8. The zero-order valence-electron chi connectivity index (χ0n) is 16.7. The van der Waals surface area contributed by atoms with E-state index in [-0.39, 0.29) is 36.0 Å². The molecule has 0 saturated carbocycles. The number of hydrogen-bond acceptors (Lipinski definition) is 5. The highest BCUT2D eigenvalue weighted by atomic mass is 16.5. The van der Waals surface area contributed by atoms with Crippen LogP contribution in [0.4, 0.5) is 0 Å². The molecule has 8 nitrogen and oxygen atoms in total. The van der Waals surface area contributed by atoms with E-state index in [1.54, 1.807) is 4.90 Å². The van der Waals surface area contributed by atoms with Crippen LogP contribution in [0.2, 0.25) is 0 Å². The van der Waals surface area contributed by atoms with Gasteiger partial charge in [-0.15, -0.1) is 0 Å². The van der Waals surface area contributed by atoms with Crippen molar-refractivity contribution >= 4 is 18.3 Å². The lowest BCUT2D eigenvalue weighted by molar-refractivity contribution is -0.149.